The molecule has 1 aliphatic heterocycles. The number of methoxy groups -OCH3 is 1. The van der Waals surface area contributed by atoms with Crippen LogP contribution in [0.1, 0.15) is 18.7 Å². The summed E-state index contributed by atoms with van der Waals surface area (Å²) in [6.07, 6.45) is 3.06. The summed E-state index contributed by atoms with van der Waals surface area (Å²) in [6.45, 7) is 3.31. The second-order valence-corrected chi connectivity index (χ2v) is 5.24. The van der Waals surface area contributed by atoms with Gasteiger partial charge in [-0.25, -0.2) is 0 Å². The number of piperidine rings is 1. The molecule has 1 fully saturated rings. The van der Waals surface area contributed by atoms with Gasteiger partial charge in [-0.1, -0.05) is 0 Å². The van der Waals surface area contributed by atoms with Crippen LogP contribution in [0.5, 0.6) is 0 Å². The molecule has 1 saturated heterocycles. The Morgan fingerprint density at radius 1 is 1.62 bits per heavy atom. The van der Waals surface area contributed by atoms with Gasteiger partial charge in [0.1, 0.15) is 6.33 Å². The van der Waals surface area contributed by atoms with Crippen LogP contribution in [0.2, 0.25) is 0 Å². The van der Waals surface area contributed by atoms with E-state index >= 15 is 0 Å². The highest BCUT2D eigenvalue weighted by molar-refractivity contribution is 5.77. The van der Waals surface area contributed by atoms with Crippen molar-refractivity contribution in [3.05, 3.63) is 12.2 Å². The summed E-state index contributed by atoms with van der Waals surface area (Å²) >= 11 is 0. The van der Waals surface area contributed by atoms with Crippen molar-refractivity contribution < 1.29 is 14.6 Å². The predicted octanol–water partition coefficient (Wildman–Crippen LogP) is -1.00. The normalized spacial score (nSPS) is 19.6. The summed E-state index contributed by atoms with van der Waals surface area (Å²) in [5.74, 6) is 0.643. The summed E-state index contributed by atoms with van der Waals surface area (Å²) in [5.41, 5.74) is 0. The van der Waals surface area contributed by atoms with Gasteiger partial charge in [0, 0.05) is 20.2 Å². The topological polar surface area (TPSA) is 92.5 Å². The molecule has 2 rings (SSSR count). The first-order valence-corrected chi connectivity index (χ1v) is 7.21. The summed E-state index contributed by atoms with van der Waals surface area (Å²) in [4.78, 5) is 13.9. The lowest BCUT2D eigenvalue weighted by atomic mass is 10.1. The molecular formula is C13H23N5O3. The molecule has 0 radical (unpaired) electrons. The molecular weight excluding hydrogens is 274 g/mol. The van der Waals surface area contributed by atoms with Crippen LogP contribution < -0.4 is 5.32 Å². The van der Waals surface area contributed by atoms with Crippen molar-refractivity contribution in [2.24, 2.45) is 0 Å². The lowest BCUT2D eigenvalue weighted by molar-refractivity contribution is -0.123. The Balaban J connectivity index is 1.74. The van der Waals surface area contributed by atoms with Crippen molar-refractivity contribution in [2.45, 2.75) is 32.0 Å². The van der Waals surface area contributed by atoms with Gasteiger partial charge in [-0.15, -0.1) is 10.2 Å². The van der Waals surface area contributed by atoms with Crippen molar-refractivity contribution in [3.63, 3.8) is 0 Å². The fourth-order valence-corrected chi connectivity index (χ4v) is 2.40. The molecule has 8 heteroatoms. The van der Waals surface area contributed by atoms with E-state index in [1.165, 1.54) is 0 Å². The average molecular weight is 297 g/mol. The van der Waals surface area contributed by atoms with E-state index in [0.717, 1.165) is 19.4 Å². The molecule has 0 spiro atoms. The molecule has 1 atom stereocenters. The third kappa shape index (κ3) is 5.07. The Morgan fingerprint density at radius 2 is 2.48 bits per heavy atom. The maximum atomic E-state index is 11.9. The van der Waals surface area contributed by atoms with E-state index in [-0.39, 0.29) is 12.0 Å². The van der Waals surface area contributed by atoms with Crippen molar-refractivity contribution in [1.29, 1.82) is 0 Å². The van der Waals surface area contributed by atoms with Crippen molar-refractivity contribution in [3.8, 4) is 0 Å². The molecule has 0 bridgehead atoms. The van der Waals surface area contributed by atoms with Crippen molar-refractivity contribution in [1.82, 2.24) is 25.0 Å². The van der Waals surface area contributed by atoms with Crippen LogP contribution in [-0.2, 0) is 22.6 Å². The van der Waals surface area contributed by atoms with Crippen LogP contribution in [0, 0.1) is 0 Å². The Hall–Kier alpha value is -1.51. The second-order valence-electron chi connectivity index (χ2n) is 5.24. The molecule has 1 unspecified atom stereocenters. The lowest BCUT2D eigenvalue weighted by Crippen LogP contribution is -2.44. The van der Waals surface area contributed by atoms with Crippen molar-refractivity contribution in [2.75, 3.05) is 33.4 Å². The first-order chi connectivity index (χ1) is 10.2. The van der Waals surface area contributed by atoms with E-state index in [9.17, 15) is 9.90 Å². The minimum Gasteiger partial charge on any atom is -0.392 e. The van der Waals surface area contributed by atoms with Crippen LogP contribution in [0.3, 0.4) is 0 Å². The van der Waals surface area contributed by atoms with Gasteiger partial charge >= 0.3 is 0 Å². The Bertz CT molecular complexity index is 451. The van der Waals surface area contributed by atoms with E-state index < -0.39 is 0 Å². The molecule has 2 N–H and O–H groups in total. The highest BCUT2D eigenvalue weighted by atomic mass is 16.5. The summed E-state index contributed by atoms with van der Waals surface area (Å²) in [7, 11) is 1.64. The molecule has 0 saturated carbocycles. The number of ether oxygens (including phenoxy) is 1. The number of nitrogens with zero attached hydrogens (tertiary/aromatic N) is 4. The molecule has 8 nitrogen and oxygen atoms in total. The van der Waals surface area contributed by atoms with E-state index in [4.69, 9.17) is 4.74 Å². The molecule has 118 valence electrons. The predicted molar refractivity (Wildman–Crippen MR) is 75.4 cm³/mol. The molecule has 2 heterocycles. The Kier molecular flexibility index (Phi) is 6.09. The molecule has 1 aliphatic rings. The maximum Gasteiger partial charge on any atom is 0.234 e. The van der Waals surface area contributed by atoms with Crippen molar-refractivity contribution >= 4 is 5.91 Å². The van der Waals surface area contributed by atoms with Crippen LogP contribution in [0.4, 0.5) is 0 Å². The van der Waals surface area contributed by atoms with Gasteiger partial charge in [0.15, 0.2) is 5.82 Å². The zero-order valence-electron chi connectivity index (χ0n) is 12.4. The van der Waals surface area contributed by atoms with Crippen LogP contribution in [-0.4, -0.2) is 70.1 Å². The standard InChI is InChI=1S/C13H23N5O3/c1-21-6-5-18-10-15-16-12(18)7-14-13(20)9-17-4-2-3-11(19)8-17/h10-11,19H,2-9H2,1H3,(H,14,20). The molecule has 1 aromatic heterocycles. The molecule has 0 aromatic carbocycles. The van der Waals surface area contributed by atoms with Gasteiger partial charge in [-0.2, -0.15) is 0 Å². The number of aliphatic hydroxyl groups excluding tert-OH is 1. The molecule has 1 aromatic rings. The summed E-state index contributed by atoms with van der Waals surface area (Å²) in [6, 6.07) is 0. The Morgan fingerprint density at radius 3 is 3.24 bits per heavy atom. The number of aromatic nitrogens is 3. The smallest absolute Gasteiger partial charge is 0.234 e. The zero-order chi connectivity index (χ0) is 15.1. The number of nitrogens with one attached hydrogen (secondary N) is 1. The minimum atomic E-state index is -0.316. The number of β-amino-alcohol motifs (C(OH)–C–C–N with tert-alkyl or cyclic N) is 1. The molecule has 1 amide bonds. The minimum absolute atomic E-state index is 0.0645. The number of likely N-dealkylation sites (tertiary alicyclic amines) is 1. The number of hydrogen-bond donors (Lipinski definition) is 2. The van der Waals surface area contributed by atoms with E-state index in [0.29, 0.717) is 38.6 Å². The molecule has 0 aliphatic carbocycles. The number of carbonyl (C=O) groups is 1. The number of amides is 1. The molecule has 21 heavy (non-hydrogen) atoms. The van der Waals surface area contributed by atoms with E-state index in [2.05, 4.69) is 15.5 Å². The van der Waals surface area contributed by atoms with Gasteiger partial charge in [0.05, 0.1) is 25.8 Å². The largest absolute Gasteiger partial charge is 0.392 e. The quantitative estimate of drug-likeness (QED) is 0.670. The zero-order valence-corrected chi connectivity index (χ0v) is 12.4. The first kappa shape index (κ1) is 15.9. The SMILES string of the molecule is COCCn1cnnc1CNC(=O)CN1CCCC(O)C1. The van der Waals surface area contributed by atoms with Gasteiger partial charge in [0.2, 0.25) is 5.91 Å². The summed E-state index contributed by atoms with van der Waals surface area (Å²) < 4.78 is 6.87. The number of aliphatic hydroxyl groups is 1. The van der Waals surface area contributed by atoms with Gasteiger partial charge in [0.25, 0.3) is 0 Å². The highest BCUT2D eigenvalue weighted by Crippen LogP contribution is 2.08. The number of carbonyl (C=O) groups excluding carboxylic acids is 1. The van der Waals surface area contributed by atoms with Gasteiger partial charge < -0.3 is 19.7 Å². The van der Waals surface area contributed by atoms with Crippen LogP contribution in [0.25, 0.3) is 0 Å². The first-order valence-electron chi connectivity index (χ1n) is 7.21. The van der Waals surface area contributed by atoms with Gasteiger partial charge in [-0.3, -0.25) is 9.69 Å². The number of rotatable bonds is 7. The number of hydrogen-bond acceptors (Lipinski definition) is 6. The van der Waals surface area contributed by atoms with Crippen LogP contribution >= 0.6 is 0 Å². The lowest BCUT2D eigenvalue weighted by Gasteiger charge is -2.29. The monoisotopic (exact) mass is 297 g/mol. The summed E-state index contributed by atoms with van der Waals surface area (Å²) in [5, 5.41) is 20.3. The average Bonchev–Trinajstić information content (AvgIpc) is 2.90. The highest BCUT2D eigenvalue weighted by Gasteiger charge is 2.19. The van der Waals surface area contributed by atoms with Gasteiger partial charge in [-0.05, 0) is 19.4 Å². The van der Waals surface area contributed by atoms with E-state index in [1.54, 1.807) is 13.4 Å². The fourth-order valence-electron chi connectivity index (χ4n) is 2.40. The van der Waals surface area contributed by atoms with E-state index in [1.807, 2.05) is 9.47 Å². The van der Waals surface area contributed by atoms with Crippen LogP contribution in [0.15, 0.2) is 6.33 Å². The third-order valence-corrected chi connectivity index (χ3v) is 3.52. The Labute approximate surface area is 124 Å². The second kappa shape index (κ2) is 8.06. The fraction of sp³-hybridized carbons (Fsp3) is 0.769. The maximum absolute atomic E-state index is 11.9. The third-order valence-electron chi connectivity index (χ3n) is 3.52.